The summed E-state index contributed by atoms with van der Waals surface area (Å²) in [6.45, 7) is 0.884. The predicted octanol–water partition coefficient (Wildman–Crippen LogP) is 2.57. The lowest BCUT2D eigenvalue weighted by atomic mass is 9.97. The standard InChI is InChI=1S/C16H21N3O/c20-16-15-13-7-3-4-8-14(13)17-19(15)10-9-18(16)11-12-5-1-2-6-12/h9-10,12H,1-8,11H2. The van der Waals surface area contributed by atoms with Crippen LogP contribution in [-0.4, -0.2) is 14.2 Å². The third kappa shape index (κ3) is 1.89. The van der Waals surface area contributed by atoms with Crippen molar-refractivity contribution in [1.82, 2.24) is 14.2 Å². The molecule has 0 saturated heterocycles. The summed E-state index contributed by atoms with van der Waals surface area (Å²) in [5.41, 5.74) is 3.35. The maximum Gasteiger partial charge on any atom is 0.276 e. The van der Waals surface area contributed by atoms with Crippen LogP contribution in [0.25, 0.3) is 5.52 Å². The van der Waals surface area contributed by atoms with Crippen molar-refractivity contribution in [1.29, 1.82) is 0 Å². The highest BCUT2D eigenvalue weighted by molar-refractivity contribution is 5.55. The average molecular weight is 271 g/mol. The molecule has 2 aliphatic carbocycles. The van der Waals surface area contributed by atoms with E-state index in [1.165, 1.54) is 44.1 Å². The molecular weight excluding hydrogens is 250 g/mol. The molecule has 0 aliphatic heterocycles. The molecule has 2 aliphatic rings. The third-order valence-electron chi connectivity index (χ3n) is 4.96. The Morgan fingerprint density at radius 1 is 1.10 bits per heavy atom. The van der Waals surface area contributed by atoms with Gasteiger partial charge in [-0.25, -0.2) is 4.52 Å². The maximum absolute atomic E-state index is 12.8. The van der Waals surface area contributed by atoms with Crippen molar-refractivity contribution in [2.45, 2.75) is 57.9 Å². The van der Waals surface area contributed by atoms with Gasteiger partial charge < -0.3 is 4.57 Å². The zero-order chi connectivity index (χ0) is 13.5. The summed E-state index contributed by atoms with van der Waals surface area (Å²) in [5.74, 6) is 0.689. The van der Waals surface area contributed by atoms with E-state index in [-0.39, 0.29) is 5.56 Å². The van der Waals surface area contributed by atoms with E-state index in [9.17, 15) is 4.79 Å². The summed E-state index contributed by atoms with van der Waals surface area (Å²) in [5, 5.41) is 4.59. The molecule has 2 heterocycles. The lowest BCUT2D eigenvalue weighted by Crippen LogP contribution is -2.25. The van der Waals surface area contributed by atoms with Crippen molar-refractivity contribution in [2.24, 2.45) is 5.92 Å². The molecule has 0 unspecified atom stereocenters. The van der Waals surface area contributed by atoms with Gasteiger partial charge in [-0.15, -0.1) is 0 Å². The highest BCUT2D eigenvalue weighted by Gasteiger charge is 2.21. The second kappa shape index (κ2) is 4.76. The molecule has 4 rings (SSSR count). The summed E-state index contributed by atoms with van der Waals surface area (Å²) >= 11 is 0. The molecule has 0 bridgehead atoms. The Morgan fingerprint density at radius 2 is 1.90 bits per heavy atom. The van der Waals surface area contributed by atoms with E-state index in [2.05, 4.69) is 5.10 Å². The Hall–Kier alpha value is -1.58. The molecule has 1 fully saturated rings. The molecule has 0 amide bonds. The first-order chi connectivity index (χ1) is 9.83. The van der Waals surface area contributed by atoms with Crippen LogP contribution >= 0.6 is 0 Å². The Labute approximate surface area is 118 Å². The van der Waals surface area contributed by atoms with Crippen LogP contribution in [0.3, 0.4) is 0 Å². The number of aromatic nitrogens is 3. The monoisotopic (exact) mass is 271 g/mol. The predicted molar refractivity (Wildman–Crippen MR) is 78.1 cm³/mol. The van der Waals surface area contributed by atoms with Crippen molar-refractivity contribution in [3.05, 3.63) is 34.0 Å². The lowest BCUT2D eigenvalue weighted by Gasteiger charge is -2.12. The minimum Gasteiger partial charge on any atom is -0.312 e. The highest BCUT2D eigenvalue weighted by Crippen LogP contribution is 2.26. The highest BCUT2D eigenvalue weighted by atomic mass is 16.1. The van der Waals surface area contributed by atoms with Crippen LogP contribution in [0.4, 0.5) is 0 Å². The molecule has 0 aromatic carbocycles. The molecular formula is C16H21N3O. The fraction of sp³-hybridized carbons (Fsp3) is 0.625. The summed E-state index contributed by atoms with van der Waals surface area (Å²) in [6.07, 6.45) is 13.5. The first-order valence-electron chi connectivity index (χ1n) is 7.92. The van der Waals surface area contributed by atoms with E-state index in [0.717, 1.165) is 30.6 Å². The van der Waals surface area contributed by atoms with Crippen LogP contribution in [0.2, 0.25) is 0 Å². The minimum atomic E-state index is 0.162. The van der Waals surface area contributed by atoms with Gasteiger partial charge in [0.15, 0.2) is 0 Å². The van der Waals surface area contributed by atoms with Crippen LogP contribution in [0, 0.1) is 5.92 Å². The molecule has 0 N–H and O–H groups in total. The van der Waals surface area contributed by atoms with Crippen molar-refractivity contribution in [3.63, 3.8) is 0 Å². The number of rotatable bonds is 2. The maximum atomic E-state index is 12.8. The van der Waals surface area contributed by atoms with Gasteiger partial charge in [0, 0.05) is 24.5 Å². The van der Waals surface area contributed by atoms with E-state index in [1.54, 1.807) is 0 Å². The molecule has 0 radical (unpaired) electrons. The van der Waals surface area contributed by atoms with Gasteiger partial charge in [-0.3, -0.25) is 4.79 Å². The van der Waals surface area contributed by atoms with Gasteiger partial charge in [0.1, 0.15) is 5.52 Å². The lowest BCUT2D eigenvalue weighted by molar-refractivity contribution is 0.448. The Morgan fingerprint density at radius 3 is 2.75 bits per heavy atom. The number of nitrogens with zero attached hydrogens (tertiary/aromatic N) is 3. The Kier molecular flexibility index (Phi) is 2.90. The molecule has 2 aromatic heterocycles. The van der Waals surface area contributed by atoms with Gasteiger partial charge in [-0.2, -0.15) is 5.10 Å². The Bertz CT molecular complexity index is 692. The molecule has 0 spiro atoms. The Balaban J connectivity index is 1.79. The molecule has 0 atom stereocenters. The normalized spacial score (nSPS) is 19.6. The summed E-state index contributed by atoms with van der Waals surface area (Å²) in [6, 6.07) is 0. The summed E-state index contributed by atoms with van der Waals surface area (Å²) < 4.78 is 3.73. The number of hydrogen-bond acceptors (Lipinski definition) is 2. The molecule has 1 saturated carbocycles. The summed E-state index contributed by atoms with van der Waals surface area (Å²) in [7, 11) is 0. The van der Waals surface area contributed by atoms with E-state index in [4.69, 9.17) is 0 Å². The zero-order valence-electron chi connectivity index (χ0n) is 11.8. The topological polar surface area (TPSA) is 39.3 Å². The number of hydrogen-bond donors (Lipinski definition) is 0. The molecule has 4 heteroatoms. The van der Waals surface area contributed by atoms with E-state index in [0.29, 0.717) is 5.92 Å². The van der Waals surface area contributed by atoms with Crippen molar-refractivity contribution >= 4 is 5.52 Å². The SMILES string of the molecule is O=c1c2c3c(nn2ccn1CC1CCCC1)CCCC3. The molecule has 2 aromatic rings. The quantitative estimate of drug-likeness (QED) is 0.842. The van der Waals surface area contributed by atoms with Crippen LogP contribution in [0.5, 0.6) is 0 Å². The smallest absolute Gasteiger partial charge is 0.276 e. The number of fused-ring (bicyclic) bond motifs is 3. The van der Waals surface area contributed by atoms with Crippen LogP contribution in [-0.2, 0) is 19.4 Å². The van der Waals surface area contributed by atoms with Gasteiger partial charge in [-0.05, 0) is 44.4 Å². The fourth-order valence-corrected chi connectivity index (χ4v) is 3.87. The molecule has 20 heavy (non-hydrogen) atoms. The minimum absolute atomic E-state index is 0.162. The largest absolute Gasteiger partial charge is 0.312 e. The van der Waals surface area contributed by atoms with Gasteiger partial charge in [0.2, 0.25) is 0 Å². The van der Waals surface area contributed by atoms with Crippen LogP contribution in [0.15, 0.2) is 17.2 Å². The van der Waals surface area contributed by atoms with Gasteiger partial charge in [0.25, 0.3) is 5.56 Å². The molecule has 4 nitrogen and oxygen atoms in total. The van der Waals surface area contributed by atoms with E-state index in [1.807, 2.05) is 21.5 Å². The van der Waals surface area contributed by atoms with Crippen molar-refractivity contribution < 1.29 is 0 Å². The molecule has 106 valence electrons. The number of aryl methyl sites for hydroxylation is 2. The van der Waals surface area contributed by atoms with Gasteiger partial charge in [-0.1, -0.05) is 12.8 Å². The van der Waals surface area contributed by atoms with E-state index < -0.39 is 0 Å². The first kappa shape index (κ1) is 12.2. The van der Waals surface area contributed by atoms with Gasteiger partial charge >= 0.3 is 0 Å². The second-order valence-electron chi connectivity index (χ2n) is 6.33. The zero-order valence-corrected chi connectivity index (χ0v) is 11.8. The van der Waals surface area contributed by atoms with Crippen molar-refractivity contribution in [3.8, 4) is 0 Å². The summed E-state index contributed by atoms with van der Waals surface area (Å²) in [4.78, 5) is 12.8. The first-order valence-corrected chi connectivity index (χ1v) is 7.92. The van der Waals surface area contributed by atoms with Crippen LogP contribution in [0.1, 0.15) is 49.8 Å². The average Bonchev–Trinajstić information content (AvgIpc) is 3.09. The van der Waals surface area contributed by atoms with Gasteiger partial charge in [0.05, 0.1) is 5.69 Å². The fourth-order valence-electron chi connectivity index (χ4n) is 3.87. The second-order valence-corrected chi connectivity index (χ2v) is 6.33. The third-order valence-corrected chi connectivity index (χ3v) is 4.96. The van der Waals surface area contributed by atoms with Crippen LogP contribution < -0.4 is 5.56 Å². The van der Waals surface area contributed by atoms with Crippen molar-refractivity contribution in [2.75, 3.05) is 0 Å². The van der Waals surface area contributed by atoms with E-state index >= 15 is 0 Å².